The van der Waals surface area contributed by atoms with Gasteiger partial charge in [-0.2, -0.15) is 0 Å². The summed E-state index contributed by atoms with van der Waals surface area (Å²) >= 11 is 0. The lowest BCUT2D eigenvalue weighted by Gasteiger charge is -2.28. The predicted octanol–water partition coefficient (Wildman–Crippen LogP) is 3.07. The van der Waals surface area contributed by atoms with Crippen LogP contribution < -0.4 is 0 Å². The van der Waals surface area contributed by atoms with Crippen molar-refractivity contribution in [3.05, 3.63) is 35.4 Å². The SMILES string of the molecule is CN(C(=O)OC(C)(C)C)C(C=O)c1cc(F)cc(F)c1. The van der Waals surface area contributed by atoms with E-state index in [4.69, 9.17) is 4.74 Å². The normalized spacial score (nSPS) is 12.7. The summed E-state index contributed by atoms with van der Waals surface area (Å²) in [6.07, 6.45) is -0.322. The third kappa shape index (κ3) is 4.29. The van der Waals surface area contributed by atoms with E-state index < -0.39 is 29.4 Å². The van der Waals surface area contributed by atoms with Crippen LogP contribution in [0.3, 0.4) is 0 Å². The summed E-state index contributed by atoms with van der Waals surface area (Å²) < 4.78 is 31.4. The van der Waals surface area contributed by atoms with E-state index in [1.807, 2.05) is 0 Å². The van der Waals surface area contributed by atoms with Gasteiger partial charge in [0.05, 0.1) is 0 Å². The quantitative estimate of drug-likeness (QED) is 0.802. The second-order valence-corrected chi connectivity index (χ2v) is 5.37. The zero-order chi connectivity index (χ0) is 15.5. The lowest BCUT2D eigenvalue weighted by Crippen LogP contribution is -2.37. The summed E-state index contributed by atoms with van der Waals surface area (Å²) in [7, 11) is 1.33. The van der Waals surface area contributed by atoms with Crippen LogP contribution in [0.25, 0.3) is 0 Å². The number of hydrogen-bond acceptors (Lipinski definition) is 3. The molecule has 20 heavy (non-hydrogen) atoms. The molecule has 0 radical (unpaired) electrons. The molecule has 0 aliphatic carbocycles. The molecule has 0 saturated heterocycles. The molecule has 0 spiro atoms. The van der Waals surface area contributed by atoms with Crippen LogP contribution in [0.4, 0.5) is 13.6 Å². The Bertz CT molecular complexity index is 491. The zero-order valence-corrected chi connectivity index (χ0v) is 11.8. The smallest absolute Gasteiger partial charge is 0.410 e. The maximum atomic E-state index is 13.2. The number of likely N-dealkylation sites (N-methyl/N-ethyl adjacent to an activating group) is 1. The van der Waals surface area contributed by atoms with Crippen LogP contribution in [0, 0.1) is 11.6 Å². The maximum absolute atomic E-state index is 13.2. The Kier molecular flexibility index (Phi) is 4.81. The highest BCUT2D eigenvalue weighted by Gasteiger charge is 2.26. The van der Waals surface area contributed by atoms with Gasteiger partial charge < -0.3 is 9.53 Å². The third-order valence-electron chi connectivity index (χ3n) is 2.45. The van der Waals surface area contributed by atoms with Crippen molar-refractivity contribution in [2.45, 2.75) is 32.4 Å². The Morgan fingerprint density at radius 2 is 1.75 bits per heavy atom. The van der Waals surface area contributed by atoms with E-state index in [0.29, 0.717) is 12.4 Å². The van der Waals surface area contributed by atoms with Gasteiger partial charge in [0.1, 0.15) is 29.6 Å². The van der Waals surface area contributed by atoms with Gasteiger partial charge in [-0.15, -0.1) is 0 Å². The number of nitrogens with zero attached hydrogens (tertiary/aromatic N) is 1. The average Bonchev–Trinajstić information content (AvgIpc) is 2.26. The van der Waals surface area contributed by atoms with Crippen LogP contribution in [0.2, 0.25) is 0 Å². The van der Waals surface area contributed by atoms with Crippen molar-refractivity contribution < 1.29 is 23.1 Å². The van der Waals surface area contributed by atoms with E-state index in [9.17, 15) is 18.4 Å². The van der Waals surface area contributed by atoms with E-state index in [2.05, 4.69) is 0 Å². The number of carbonyl (C=O) groups excluding carboxylic acids is 2. The molecule has 6 heteroatoms. The van der Waals surface area contributed by atoms with Crippen molar-refractivity contribution in [3.63, 3.8) is 0 Å². The summed E-state index contributed by atoms with van der Waals surface area (Å²) in [5.74, 6) is -1.63. The Labute approximate surface area is 116 Å². The van der Waals surface area contributed by atoms with Crippen molar-refractivity contribution in [1.29, 1.82) is 0 Å². The first-order valence-electron chi connectivity index (χ1n) is 6.01. The number of rotatable bonds is 3. The standard InChI is InChI=1S/C14H17F2NO3/c1-14(2,3)20-13(19)17(4)12(8-18)9-5-10(15)7-11(16)6-9/h5-8,12H,1-4H3. The van der Waals surface area contributed by atoms with Crippen molar-refractivity contribution in [3.8, 4) is 0 Å². The van der Waals surface area contributed by atoms with E-state index in [1.165, 1.54) is 7.05 Å². The van der Waals surface area contributed by atoms with Gasteiger partial charge in [0, 0.05) is 13.1 Å². The molecule has 1 amide bonds. The molecule has 1 aromatic rings. The number of halogens is 2. The Morgan fingerprint density at radius 3 is 2.15 bits per heavy atom. The molecule has 0 heterocycles. The molecule has 1 aromatic carbocycles. The zero-order valence-electron chi connectivity index (χ0n) is 11.8. The van der Waals surface area contributed by atoms with Gasteiger partial charge in [-0.1, -0.05) is 0 Å². The highest BCUT2D eigenvalue weighted by molar-refractivity contribution is 5.74. The van der Waals surface area contributed by atoms with Gasteiger partial charge in [0.15, 0.2) is 0 Å². The largest absolute Gasteiger partial charge is 0.444 e. The molecule has 1 rings (SSSR count). The van der Waals surface area contributed by atoms with E-state index in [1.54, 1.807) is 20.8 Å². The molecule has 1 atom stereocenters. The molecule has 0 fully saturated rings. The number of carbonyl (C=O) groups is 2. The maximum Gasteiger partial charge on any atom is 0.410 e. The summed E-state index contributed by atoms with van der Waals surface area (Å²) in [6, 6.07) is 1.58. The van der Waals surface area contributed by atoms with Crippen LogP contribution in [0.1, 0.15) is 32.4 Å². The van der Waals surface area contributed by atoms with Crippen molar-refractivity contribution in [1.82, 2.24) is 4.90 Å². The lowest BCUT2D eigenvalue weighted by atomic mass is 10.1. The van der Waals surface area contributed by atoms with Crippen molar-refractivity contribution in [2.24, 2.45) is 0 Å². The molecule has 4 nitrogen and oxygen atoms in total. The topological polar surface area (TPSA) is 46.6 Å². The molecule has 110 valence electrons. The Balaban J connectivity index is 3.00. The van der Waals surface area contributed by atoms with Gasteiger partial charge in [0.25, 0.3) is 0 Å². The molecule has 0 aliphatic heterocycles. The molecule has 0 bridgehead atoms. The number of hydrogen-bond donors (Lipinski definition) is 0. The van der Waals surface area contributed by atoms with Gasteiger partial charge in [-0.05, 0) is 38.5 Å². The molecule has 1 unspecified atom stereocenters. The fourth-order valence-electron chi connectivity index (χ4n) is 1.59. The molecular formula is C14H17F2NO3. The van der Waals surface area contributed by atoms with Gasteiger partial charge in [-0.25, -0.2) is 13.6 Å². The number of ether oxygens (including phenoxy) is 1. The van der Waals surface area contributed by atoms with E-state index in [-0.39, 0.29) is 5.56 Å². The van der Waals surface area contributed by atoms with Crippen LogP contribution >= 0.6 is 0 Å². The van der Waals surface area contributed by atoms with Crippen LogP contribution in [0.15, 0.2) is 18.2 Å². The highest BCUT2D eigenvalue weighted by Crippen LogP contribution is 2.21. The van der Waals surface area contributed by atoms with Crippen LogP contribution in [-0.4, -0.2) is 29.9 Å². The molecular weight excluding hydrogens is 268 g/mol. The molecule has 0 saturated carbocycles. The van der Waals surface area contributed by atoms with Crippen LogP contribution in [-0.2, 0) is 9.53 Å². The second-order valence-electron chi connectivity index (χ2n) is 5.37. The monoisotopic (exact) mass is 285 g/mol. The van der Waals surface area contributed by atoms with Crippen molar-refractivity contribution >= 4 is 12.4 Å². The fraction of sp³-hybridized carbons (Fsp3) is 0.429. The molecule has 0 aliphatic rings. The summed E-state index contributed by atoms with van der Waals surface area (Å²) in [5.41, 5.74) is -0.683. The van der Waals surface area contributed by atoms with Gasteiger partial charge in [-0.3, -0.25) is 4.90 Å². The van der Waals surface area contributed by atoms with Gasteiger partial charge >= 0.3 is 6.09 Å². The highest BCUT2D eigenvalue weighted by atomic mass is 19.1. The minimum atomic E-state index is -1.12. The molecule has 0 aromatic heterocycles. The van der Waals surface area contributed by atoms with E-state index >= 15 is 0 Å². The first-order chi connectivity index (χ1) is 9.14. The molecule has 0 N–H and O–H groups in total. The Hall–Kier alpha value is -1.98. The minimum absolute atomic E-state index is 0.0471. The van der Waals surface area contributed by atoms with Gasteiger partial charge in [0.2, 0.25) is 0 Å². The van der Waals surface area contributed by atoms with Crippen molar-refractivity contribution in [2.75, 3.05) is 7.05 Å². The summed E-state index contributed by atoms with van der Waals surface area (Å²) in [6.45, 7) is 5.03. The predicted molar refractivity (Wildman–Crippen MR) is 69.2 cm³/mol. The first kappa shape index (κ1) is 16.1. The third-order valence-corrected chi connectivity index (χ3v) is 2.45. The number of benzene rings is 1. The Morgan fingerprint density at radius 1 is 1.25 bits per heavy atom. The summed E-state index contributed by atoms with van der Waals surface area (Å²) in [4.78, 5) is 24.0. The summed E-state index contributed by atoms with van der Waals surface area (Å²) in [5, 5.41) is 0. The first-order valence-corrected chi connectivity index (χ1v) is 6.01. The lowest BCUT2D eigenvalue weighted by molar-refractivity contribution is -0.112. The number of aldehydes is 1. The van der Waals surface area contributed by atoms with Crippen LogP contribution in [0.5, 0.6) is 0 Å². The average molecular weight is 285 g/mol. The minimum Gasteiger partial charge on any atom is -0.444 e. The fourth-order valence-corrected chi connectivity index (χ4v) is 1.59. The second kappa shape index (κ2) is 5.98. The number of amides is 1. The van der Waals surface area contributed by atoms with E-state index in [0.717, 1.165) is 17.0 Å².